The van der Waals surface area contributed by atoms with Gasteiger partial charge in [-0.15, -0.1) is 0 Å². The van der Waals surface area contributed by atoms with E-state index in [9.17, 15) is 14.4 Å². The van der Waals surface area contributed by atoms with E-state index in [4.69, 9.17) is 21.4 Å². The SMILES string of the molecule is COc1ccc(N=C2SC(C(=O)Nc3ccc(C(=O)O)cc3)CC(=O)N2Cc2ccccc2Cl)cc1. The van der Waals surface area contributed by atoms with Crippen LogP contribution in [0.4, 0.5) is 11.4 Å². The smallest absolute Gasteiger partial charge is 0.335 e. The van der Waals surface area contributed by atoms with E-state index in [0.29, 0.717) is 27.3 Å². The molecule has 0 aliphatic carbocycles. The fourth-order valence-electron chi connectivity index (χ4n) is 3.48. The number of carbonyl (C=O) groups excluding carboxylic acids is 2. The van der Waals surface area contributed by atoms with Crippen LogP contribution in [0.5, 0.6) is 5.75 Å². The molecule has 1 aliphatic rings. The van der Waals surface area contributed by atoms with Crippen LogP contribution in [-0.4, -0.2) is 45.3 Å². The second kappa shape index (κ2) is 11.3. The van der Waals surface area contributed by atoms with E-state index >= 15 is 0 Å². The third kappa shape index (κ3) is 6.05. The topological polar surface area (TPSA) is 108 Å². The van der Waals surface area contributed by atoms with Gasteiger partial charge in [-0.1, -0.05) is 41.6 Å². The molecule has 0 bridgehead atoms. The van der Waals surface area contributed by atoms with Crippen LogP contribution in [-0.2, 0) is 16.1 Å². The molecule has 0 aromatic heterocycles. The van der Waals surface area contributed by atoms with Crippen molar-refractivity contribution >= 4 is 57.7 Å². The minimum absolute atomic E-state index is 0.0319. The number of rotatable bonds is 7. The largest absolute Gasteiger partial charge is 0.497 e. The number of hydrogen-bond donors (Lipinski definition) is 2. The van der Waals surface area contributed by atoms with Crippen LogP contribution in [0.3, 0.4) is 0 Å². The standard InChI is InChI=1S/C26H22ClN3O5S/c1-35-20-12-10-19(11-13-20)29-26-30(15-17-4-2-3-5-21(17)27)23(31)14-22(36-26)24(32)28-18-8-6-16(7-9-18)25(33)34/h2-13,22H,14-15H2,1H3,(H,28,32)(H,33,34). The lowest BCUT2D eigenvalue weighted by Crippen LogP contribution is -2.44. The summed E-state index contributed by atoms with van der Waals surface area (Å²) in [5.74, 6) is -1.02. The van der Waals surface area contributed by atoms with Gasteiger partial charge in [0.25, 0.3) is 0 Å². The Kier molecular flexibility index (Phi) is 7.92. The summed E-state index contributed by atoms with van der Waals surface area (Å²) in [6, 6.07) is 20.1. The van der Waals surface area contributed by atoms with Gasteiger partial charge < -0.3 is 15.2 Å². The Hall–Kier alpha value is -3.82. The highest BCUT2D eigenvalue weighted by Crippen LogP contribution is 2.32. The van der Waals surface area contributed by atoms with Gasteiger partial charge in [-0.05, 0) is 60.2 Å². The fourth-order valence-corrected chi connectivity index (χ4v) is 4.77. The third-order valence-corrected chi connectivity index (χ3v) is 6.97. The number of carbonyl (C=O) groups is 3. The molecule has 8 nitrogen and oxygen atoms in total. The Morgan fingerprint density at radius 2 is 1.81 bits per heavy atom. The van der Waals surface area contributed by atoms with Crippen molar-refractivity contribution in [1.82, 2.24) is 4.90 Å². The summed E-state index contributed by atoms with van der Waals surface area (Å²) in [4.78, 5) is 43.5. The summed E-state index contributed by atoms with van der Waals surface area (Å²) in [6.45, 7) is 0.214. The summed E-state index contributed by atoms with van der Waals surface area (Å²) in [6.07, 6.45) is -0.0319. The van der Waals surface area contributed by atoms with Crippen LogP contribution < -0.4 is 10.1 Å². The van der Waals surface area contributed by atoms with Crippen molar-refractivity contribution in [3.05, 3.63) is 88.9 Å². The van der Waals surface area contributed by atoms with E-state index < -0.39 is 11.2 Å². The van der Waals surface area contributed by atoms with Crippen LogP contribution in [0.2, 0.25) is 5.02 Å². The number of ether oxygens (including phenoxy) is 1. The molecule has 0 radical (unpaired) electrons. The second-order valence-corrected chi connectivity index (χ2v) is 9.42. The number of hydrogen-bond acceptors (Lipinski definition) is 6. The predicted octanol–water partition coefficient (Wildman–Crippen LogP) is 5.21. The summed E-state index contributed by atoms with van der Waals surface area (Å²) < 4.78 is 5.20. The Bertz CT molecular complexity index is 1310. The minimum atomic E-state index is -1.06. The maximum absolute atomic E-state index is 13.2. The zero-order valence-electron chi connectivity index (χ0n) is 19.2. The van der Waals surface area contributed by atoms with Gasteiger partial charge in [0.1, 0.15) is 11.0 Å². The summed E-state index contributed by atoms with van der Waals surface area (Å²) >= 11 is 7.52. The first-order chi connectivity index (χ1) is 17.3. The lowest BCUT2D eigenvalue weighted by Gasteiger charge is -2.32. The van der Waals surface area contributed by atoms with E-state index in [0.717, 1.165) is 5.56 Å². The molecule has 1 aliphatic heterocycles. The van der Waals surface area contributed by atoms with Crippen LogP contribution >= 0.6 is 23.4 Å². The minimum Gasteiger partial charge on any atom is -0.497 e. The molecule has 3 aromatic carbocycles. The van der Waals surface area contributed by atoms with Crippen molar-refractivity contribution in [3.8, 4) is 5.75 Å². The summed E-state index contributed by atoms with van der Waals surface area (Å²) in [5.41, 5.74) is 1.90. The zero-order chi connectivity index (χ0) is 25.7. The number of carboxylic acids is 1. The number of benzene rings is 3. The van der Waals surface area contributed by atoms with Crippen molar-refractivity contribution in [2.24, 2.45) is 4.99 Å². The van der Waals surface area contributed by atoms with E-state index in [-0.39, 0.29) is 30.3 Å². The lowest BCUT2D eigenvalue weighted by atomic mass is 10.2. The molecule has 10 heteroatoms. The van der Waals surface area contributed by atoms with E-state index in [1.807, 2.05) is 18.2 Å². The normalized spacial score (nSPS) is 16.6. The van der Waals surface area contributed by atoms with Crippen LogP contribution in [0.15, 0.2) is 77.8 Å². The van der Waals surface area contributed by atoms with E-state index in [2.05, 4.69) is 10.3 Å². The highest BCUT2D eigenvalue weighted by Gasteiger charge is 2.36. The number of thioether (sulfide) groups is 1. The van der Waals surface area contributed by atoms with Gasteiger partial charge in [-0.3, -0.25) is 14.5 Å². The Morgan fingerprint density at radius 3 is 2.44 bits per heavy atom. The molecule has 184 valence electrons. The van der Waals surface area contributed by atoms with Crippen molar-refractivity contribution < 1.29 is 24.2 Å². The molecule has 0 saturated carbocycles. The number of nitrogens with zero attached hydrogens (tertiary/aromatic N) is 2. The Labute approximate surface area is 216 Å². The maximum atomic E-state index is 13.2. The maximum Gasteiger partial charge on any atom is 0.335 e. The van der Waals surface area contributed by atoms with Gasteiger partial charge in [0.2, 0.25) is 11.8 Å². The van der Waals surface area contributed by atoms with E-state index in [1.54, 1.807) is 37.4 Å². The Morgan fingerprint density at radius 1 is 1.11 bits per heavy atom. The van der Waals surface area contributed by atoms with Gasteiger partial charge in [0, 0.05) is 17.1 Å². The molecule has 1 fully saturated rings. The predicted molar refractivity (Wildman–Crippen MR) is 140 cm³/mol. The van der Waals surface area contributed by atoms with Crippen LogP contribution in [0.25, 0.3) is 0 Å². The third-order valence-electron chi connectivity index (χ3n) is 5.41. The van der Waals surface area contributed by atoms with Gasteiger partial charge in [-0.2, -0.15) is 0 Å². The van der Waals surface area contributed by atoms with Crippen molar-refractivity contribution in [1.29, 1.82) is 0 Å². The highest BCUT2D eigenvalue weighted by atomic mass is 35.5. The molecule has 1 heterocycles. The number of carboxylic acid groups (broad SMARTS) is 1. The lowest BCUT2D eigenvalue weighted by molar-refractivity contribution is -0.129. The quantitative estimate of drug-likeness (QED) is 0.440. The first-order valence-corrected chi connectivity index (χ1v) is 12.2. The molecule has 2 amide bonds. The molecule has 36 heavy (non-hydrogen) atoms. The van der Waals surface area contributed by atoms with Gasteiger partial charge in [0.15, 0.2) is 5.17 Å². The highest BCUT2D eigenvalue weighted by molar-refractivity contribution is 8.15. The number of halogens is 1. The second-order valence-electron chi connectivity index (χ2n) is 7.85. The van der Waals surface area contributed by atoms with Gasteiger partial charge >= 0.3 is 5.97 Å². The van der Waals surface area contributed by atoms with Crippen molar-refractivity contribution in [2.75, 3.05) is 12.4 Å². The molecule has 0 spiro atoms. The number of aliphatic imine (C=N–C) groups is 1. The number of amidine groups is 1. The number of methoxy groups -OCH3 is 1. The Balaban J connectivity index is 1.59. The molecule has 3 aromatic rings. The molecule has 2 N–H and O–H groups in total. The molecule has 1 unspecified atom stereocenters. The average molecular weight is 524 g/mol. The van der Waals surface area contributed by atoms with E-state index in [1.165, 1.54) is 40.9 Å². The van der Waals surface area contributed by atoms with Crippen molar-refractivity contribution in [3.63, 3.8) is 0 Å². The van der Waals surface area contributed by atoms with Crippen LogP contribution in [0.1, 0.15) is 22.3 Å². The molecular weight excluding hydrogens is 502 g/mol. The first kappa shape index (κ1) is 25.3. The fraction of sp³-hybridized carbons (Fsp3) is 0.154. The molecule has 1 atom stereocenters. The van der Waals surface area contributed by atoms with Crippen LogP contribution in [0, 0.1) is 0 Å². The monoisotopic (exact) mass is 523 g/mol. The molecule has 1 saturated heterocycles. The average Bonchev–Trinajstić information content (AvgIpc) is 2.87. The zero-order valence-corrected chi connectivity index (χ0v) is 20.8. The molecule has 4 rings (SSSR count). The summed E-state index contributed by atoms with van der Waals surface area (Å²) in [5, 5.41) is 12.0. The van der Waals surface area contributed by atoms with Gasteiger partial charge in [-0.25, -0.2) is 9.79 Å². The first-order valence-electron chi connectivity index (χ1n) is 10.9. The van der Waals surface area contributed by atoms with Gasteiger partial charge in [0.05, 0.1) is 24.9 Å². The van der Waals surface area contributed by atoms with Crippen molar-refractivity contribution in [2.45, 2.75) is 18.2 Å². The molecular formula is C26H22ClN3O5S. The number of anilines is 1. The number of aromatic carboxylic acids is 1. The summed E-state index contributed by atoms with van der Waals surface area (Å²) in [7, 11) is 1.57. The number of nitrogens with one attached hydrogen (secondary N) is 1. The number of amides is 2.